The average Bonchev–Trinajstić information content (AvgIpc) is 2.36. The first-order valence-electron chi connectivity index (χ1n) is 3.39. The summed E-state index contributed by atoms with van der Waals surface area (Å²) in [5.74, 6) is -1.65. The number of carboxylic acid groups (broad SMARTS) is 1. The van der Waals surface area contributed by atoms with Crippen LogP contribution in [0.15, 0.2) is 0 Å². The summed E-state index contributed by atoms with van der Waals surface area (Å²) in [6, 6.07) is -1.10. The van der Waals surface area contributed by atoms with E-state index in [2.05, 4.69) is 10.2 Å². The Morgan fingerprint density at radius 1 is 1.85 bits per heavy atom. The van der Waals surface area contributed by atoms with E-state index in [-0.39, 0.29) is 15.5 Å². The quantitative estimate of drug-likeness (QED) is 0.605. The third kappa shape index (κ3) is 2.45. The minimum absolute atomic E-state index is 0.0725. The normalized spacial score (nSPS) is 12.8. The Morgan fingerprint density at radius 2 is 2.46 bits per heavy atom. The Balaban J connectivity index is 2.74. The molecule has 0 amide bonds. The van der Waals surface area contributed by atoms with E-state index < -0.39 is 17.8 Å². The molecule has 1 rings (SSSR count). The molecule has 72 valence electrons. The second-order valence-electron chi connectivity index (χ2n) is 2.46. The van der Waals surface area contributed by atoms with Crippen LogP contribution in [0.3, 0.4) is 0 Å². The molecule has 0 aliphatic heterocycles. The number of carbonyl (C=O) groups is 1. The molecule has 0 bridgehead atoms. The summed E-state index contributed by atoms with van der Waals surface area (Å²) in [7, 11) is 0. The third-order valence-corrected chi connectivity index (χ3v) is 2.45. The van der Waals surface area contributed by atoms with Crippen molar-refractivity contribution in [3.05, 3.63) is 11.5 Å². The van der Waals surface area contributed by atoms with Gasteiger partial charge in [-0.2, -0.15) is 0 Å². The first-order valence-corrected chi connectivity index (χ1v) is 4.86. The van der Waals surface area contributed by atoms with Crippen LogP contribution in [0.5, 0.6) is 0 Å². The number of aliphatic carboxylic acids is 1. The summed E-state index contributed by atoms with van der Waals surface area (Å²) in [6.07, 6.45) is -0.0725. The van der Waals surface area contributed by atoms with Gasteiger partial charge >= 0.3 is 88.3 Å². The van der Waals surface area contributed by atoms with Gasteiger partial charge in [0.1, 0.15) is 0 Å². The molecular weight excluding hydrogens is 375 g/mol. The number of carboxylic acids is 1. The molecule has 0 aliphatic rings. The second kappa shape index (κ2) is 4.11. The maximum absolute atomic E-state index is 13.1. The van der Waals surface area contributed by atoms with Gasteiger partial charge in [-0.3, -0.25) is 0 Å². The fourth-order valence-electron chi connectivity index (χ4n) is 0.782. The summed E-state index contributed by atoms with van der Waals surface area (Å²) in [4.78, 5) is 10.3. The van der Waals surface area contributed by atoms with Gasteiger partial charge in [-0.15, -0.1) is 0 Å². The van der Waals surface area contributed by atoms with E-state index in [0.717, 1.165) is 24.7 Å². The van der Waals surface area contributed by atoms with E-state index in [0.29, 0.717) is 0 Å². The number of halogens is 1. The molecule has 0 spiro atoms. The van der Waals surface area contributed by atoms with Gasteiger partial charge < -0.3 is 0 Å². The number of nitrogens with one attached hydrogen (secondary N) is 1. The number of aromatic nitrogens is 2. The molecule has 0 radical (unpaired) electrons. The standard InChI is InChI=1S/C6H7AtFN3O2/c7-5-4(8)3(10-11-5)1-2(9)6(12)13/h2H,1,9H2,(H,10,11)(H,12,13). The molecular formula is C6H7AtFN3O2. The summed E-state index contributed by atoms with van der Waals surface area (Å²) < 4.78 is 13.3. The van der Waals surface area contributed by atoms with Crippen molar-refractivity contribution in [1.29, 1.82) is 0 Å². The minimum atomic E-state index is -1.16. The molecule has 0 saturated carbocycles. The van der Waals surface area contributed by atoms with Crippen molar-refractivity contribution < 1.29 is 39.0 Å². The van der Waals surface area contributed by atoms with Crippen molar-refractivity contribution in [2.24, 2.45) is 5.73 Å². The van der Waals surface area contributed by atoms with Crippen LogP contribution in [0.1, 0.15) is 5.69 Å². The third-order valence-electron chi connectivity index (χ3n) is 1.48. The van der Waals surface area contributed by atoms with Crippen LogP contribution in [0, 0.1) is 30.5 Å². The van der Waals surface area contributed by atoms with Gasteiger partial charge in [0.05, 0.1) is 0 Å². The SMILES string of the molecule is NC(Cc1[nH]nc([At])c1F)C(=O)O. The average molecular weight is 382 g/mol. The fraction of sp³-hybridized carbons (Fsp3) is 0.333. The van der Waals surface area contributed by atoms with E-state index in [1.807, 2.05) is 0 Å². The first kappa shape index (κ1) is 10.5. The number of aromatic amines is 1. The summed E-state index contributed by atoms with van der Waals surface area (Å²) in [5.41, 5.74) is 5.36. The zero-order chi connectivity index (χ0) is 10.0. The number of hydrogen-bond donors (Lipinski definition) is 3. The topological polar surface area (TPSA) is 92.0 Å². The van der Waals surface area contributed by atoms with Crippen LogP contribution in [0.2, 0.25) is 0 Å². The van der Waals surface area contributed by atoms with Crippen LogP contribution in [-0.2, 0) is 11.2 Å². The Labute approximate surface area is 88.4 Å². The predicted octanol–water partition coefficient (Wildman–Crippen LogP) is -1.32. The molecule has 13 heavy (non-hydrogen) atoms. The van der Waals surface area contributed by atoms with Crippen LogP contribution < -0.4 is 9.14 Å². The summed E-state index contributed by atoms with van der Waals surface area (Å²) in [6.45, 7) is 0. The van der Waals surface area contributed by atoms with Gasteiger partial charge in [0.25, 0.3) is 0 Å². The van der Waals surface area contributed by atoms with Crippen molar-refractivity contribution in [3.8, 4) is 0 Å². The Hall–Kier alpha value is -0.547. The Morgan fingerprint density at radius 3 is 2.85 bits per heavy atom. The molecule has 1 heterocycles. The van der Waals surface area contributed by atoms with E-state index in [9.17, 15) is 9.18 Å². The van der Waals surface area contributed by atoms with E-state index >= 15 is 0 Å². The molecule has 1 aromatic heterocycles. The van der Waals surface area contributed by atoms with Gasteiger partial charge in [0.15, 0.2) is 0 Å². The zero-order valence-electron chi connectivity index (χ0n) is 6.42. The van der Waals surface area contributed by atoms with E-state index in [4.69, 9.17) is 10.8 Å². The van der Waals surface area contributed by atoms with Gasteiger partial charge in [0.2, 0.25) is 0 Å². The summed E-state index contributed by atoms with van der Waals surface area (Å²) >= 11 is 1.09. The predicted molar refractivity (Wildman–Crippen MR) is 37.5 cm³/mol. The van der Waals surface area contributed by atoms with Crippen LogP contribution in [0.25, 0.3) is 0 Å². The maximum atomic E-state index is 13.1. The molecule has 4 N–H and O–H groups in total. The number of H-pyrrole nitrogens is 1. The van der Waals surface area contributed by atoms with Gasteiger partial charge in [-0.05, 0) is 0 Å². The van der Waals surface area contributed by atoms with Gasteiger partial charge in [0, 0.05) is 0 Å². The molecule has 0 aliphatic carbocycles. The molecule has 0 fully saturated rings. The molecule has 5 nitrogen and oxygen atoms in total. The van der Waals surface area contributed by atoms with Gasteiger partial charge in [-0.1, -0.05) is 0 Å². The van der Waals surface area contributed by atoms with E-state index in [1.165, 1.54) is 0 Å². The van der Waals surface area contributed by atoms with Crippen LogP contribution in [-0.4, -0.2) is 27.3 Å². The number of hydrogen-bond acceptors (Lipinski definition) is 3. The number of nitrogens with two attached hydrogens (primary N) is 1. The van der Waals surface area contributed by atoms with Crippen molar-refractivity contribution in [1.82, 2.24) is 10.2 Å². The molecule has 1 aromatic rings. The Bertz CT molecular complexity index is 328. The van der Waals surface area contributed by atoms with Gasteiger partial charge in [-0.25, -0.2) is 0 Å². The molecule has 1 atom stereocenters. The van der Waals surface area contributed by atoms with E-state index in [1.54, 1.807) is 0 Å². The Kier molecular flexibility index (Phi) is 3.33. The fourth-order valence-corrected chi connectivity index (χ4v) is 1.39. The van der Waals surface area contributed by atoms with Crippen LogP contribution >= 0.6 is 0 Å². The zero-order valence-corrected chi connectivity index (χ0v) is 9.36. The monoisotopic (exact) mass is 382 g/mol. The number of rotatable bonds is 3. The van der Waals surface area contributed by atoms with Crippen molar-refractivity contribution in [2.75, 3.05) is 0 Å². The van der Waals surface area contributed by atoms with Crippen molar-refractivity contribution in [3.63, 3.8) is 0 Å². The second-order valence-corrected chi connectivity index (χ2v) is 3.85. The van der Waals surface area contributed by atoms with Crippen molar-refractivity contribution in [2.45, 2.75) is 12.5 Å². The molecule has 0 saturated heterocycles. The van der Waals surface area contributed by atoms with Crippen molar-refractivity contribution >= 4 is 9.37 Å². The summed E-state index contributed by atoms with van der Waals surface area (Å²) in [5, 5.41) is 14.5. The van der Waals surface area contributed by atoms with Crippen LogP contribution in [0.4, 0.5) is 4.39 Å². The molecule has 7 heteroatoms. The number of nitrogens with zero attached hydrogens (tertiary/aromatic N) is 1. The molecule has 0 aromatic carbocycles. The molecule has 1 unspecified atom stereocenters. The first-order chi connectivity index (χ1) is 6.02.